The number of anilines is 1. The van der Waals surface area contributed by atoms with Crippen LogP contribution in [0.3, 0.4) is 0 Å². The maximum absolute atomic E-state index is 12.2. The summed E-state index contributed by atoms with van der Waals surface area (Å²) >= 11 is 0. The van der Waals surface area contributed by atoms with Crippen molar-refractivity contribution in [3.8, 4) is 0 Å². The van der Waals surface area contributed by atoms with E-state index in [1.165, 1.54) is 5.56 Å². The van der Waals surface area contributed by atoms with Crippen LogP contribution in [0.2, 0.25) is 0 Å². The van der Waals surface area contributed by atoms with E-state index in [1.54, 1.807) is 6.07 Å². The number of aliphatic carboxylic acids is 1. The van der Waals surface area contributed by atoms with Gasteiger partial charge in [0.05, 0.1) is 25.2 Å². The number of nitrogens with one attached hydrogen (secondary N) is 1. The fourth-order valence-electron chi connectivity index (χ4n) is 5.50. The number of carbonyl (C=O) groups is 2. The van der Waals surface area contributed by atoms with Gasteiger partial charge in [0, 0.05) is 63.4 Å². The number of aliphatic hydroxyl groups excluding tert-OH is 1. The predicted molar refractivity (Wildman–Crippen MR) is 159 cm³/mol. The molecule has 0 aliphatic carbocycles. The average molecular weight is 574 g/mol. The molecule has 5 rings (SSSR count). The second-order valence-electron chi connectivity index (χ2n) is 11.0. The van der Waals surface area contributed by atoms with Gasteiger partial charge in [0.2, 0.25) is 5.91 Å². The highest BCUT2D eigenvalue weighted by Crippen LogP contribution is 2.38. The number of carbonyl (C=O) groups excluding carboxylic acids is 1. The number of aliphatic hydroxyl groups is 1. The van der Waals surface area contributed by atoms with Crippen molar-refractivity contribution in [3.63, 3.8) is 0 Å². The maximum Gasteiger partial charge on any atom is 0.303 e. The van der Waals surface area contributed by atoms with Crippen molar-refractivity contribution in [1.82, 2.24) is 9.80 Å². The molecule has 2 aliphatic rings. The van der Waals surface area contributed by atoms with Crippen molar-refractivity contribution in [1.29, 1.82) is 0 Å². The van der Waals surface area contributed by atoms with Gasteiger partial charge in [-0.25, -0.2) is 0 Å². The molecule has 2 aliphatic heterocycles. The van der Waals surface area contributed by atoms with Gasteiger partial charge in [-0.2, -0.15) is 0 Å². The number of ether oxygens (including phenoxy) is 2. The number of carboxylic acids is 1. The van der Waals surface area contributed by atoms with Crippen molar-refractivity contribution >= 4 is 17.6 Å². The third kappa shape index (κ3) is 8.47. The first kappa shape index (κ1) is 29.9. The number of piperazine rings is 1. The minimum atomic E-state index is -1.01. The van der Waals surface area contributed by atoms with Gasteiger partial charge in [0.1, 0.15) is 0 Å². The molecular weight excluding hydrogens is 534 g/mol. The van der Waals surface area contributed by atoms with Crippen LogP contribution in [-0.2, 0) is 32.2 Å². The molecule has 3 N–H and O–H groups in total. The number of carboxylic acid groups (broad SMARTS) is 1. The van der Waals surface area contributed by atoms with Gasteiger partial charge < -0.3 is 25.0 Å². The van der Waals surface area contributed by atoms with Gasteiger partial charge in [0.25, 0.3) is 0 Å². The largest absolute Gasteiger partial charge is 0.481 e. The first-order valence-electron chi connectivity index (χ1n) is 14.6. The molecule has 0 aromatic heterocycles. The third-order valence-electron chi connectivity index (χ3n) is 7.80. The van der Waals surface area contributed by atoms with Crippen LogP contribution in [-0.4, -0.2) is 70.7 Å². The number of amides is 1. The highest BCUT2D eigenvalue weighted by atomic mass is 16.7. The zero-order valence-electron chi connectivity index (χ0n) is 23.7. The van der Waals surface area contributed by atoms with Gasteiger partial charge in [-0.1, -0.05) is 66.7 Å². The molecule has 0 saturated carbocycles. The first-order valence-corrected chi connectivity index (χ1v) is 14.6. The second-order valence-corrected chi connectivity index (χ2v) is 11.0. The van der Waals surface area contributed by atoms with Crippen LogP contribution in [0.4, 0.5) is 5.69 Å². The van der Waals surface area contributed by atoms with Crippen LogP contribution in [0.5, 0.6) is 0 Å². The van der Waals surface area contributed by atoms with E-state index < -0.39 is 12.3 Å². The Morgan fingerprint density at radius 1 is 0.810 bits per heavy atom. The number of rotatable bonds is 11. The smallest absolute Gasteiger partial charge is 0.303 e. The summed E-state index contributed by atoms with van der Waals surface area (Å²) in [6, 6.07) is 25.7. The summed E-state index contributed by atoms with van der Waals surface area (Å²) in [6.45, 7) is 5.66. The monoisotopic (exact) mass is 573 g/mol. The van der Waals surface area contributed by atoms with E-state index in [9.17, 15) is 14.7 Å². The number of benzene rings is 3. The van der Waals surface area contributed by atoms with Crippen LogP contribution < -0.4 is 5.32 Å². The van der Waals surface area contributed by atoms with Crippen molar-refractivity contribution < 1.29 is 29.3 Å². The van der Waals surface area contributed by atoms with Crippen molar-refractivity contribution in [2.24, 2.45) is 0 Å². The highest BCUT2D eigenvalue weighted by Gasteiger charge is 2.34. The lowest BCUT2D eigenvalue weighted by Gasteiger charge is -2.41. The van der Waals surface area contributed by atoms with Crippen molar-refractivity contribution in [2.75, 3.05) is 38.0 Å². The van der Waals surface area contributed by atoms with Gasteiger partial charge in [-0.15, -0.1) is 0 Å². The normalized spacial score (nSPS) is 21.6. The molecule has 9 nitrogen and oxygen atoms in total. The lowest BCUT2D eigenvalue weighted by atomic mass is 9.99. The molecule has 9 heteroatoms. The fourth-order valence-corrected chi connectivity index (χ4v) is 5.50. The summed E-state index contributed by atoms with van der Waals surface area (Å²) in [4.78, 5) is 28.0. The quantitative estimate of drug-likeness (QED) is 0.311. The topological polar surface area (TPSA) is 112 Å². The predicted octanol–water partition coefficient (Wildman–Crippen LogP) is 4.35. The zero-order valence-corrected chi connectivity index (χ0v) is 23.7. The molecule has 2 saturated heterocycles. The average Bonchev–Trinajstić information content (AvgIpc) is 3.01. The van der Waals surface area contributed by atoms with E-state index in [-0.39, 0.29) is 37.6 Å². The van der Waals surface area contributed by atoms with Gasteiger partial charge in [0.15, 0.2) is 6.29 Å². The lowest BCUT2D eigenvalue weighted by molar-refractivity contribution is -0.253. The first-order chi connectivity index (χ1) is 20.4. The summed E-state index contributed by atoms with van der Waals surface area (Å²) < 4.78 is 13.0. The Balaban J connectivity index is 1.25. The Labute approximate surface area is 246 Å². The Kier molecular flexibility index (Phi) is 10.3. The molecular formula is C33H39N3O6. The standard InChI is InChI=1S/C33H39N3O6/c37-23-25-9-11-26(12-10-25)30-20-29(22-36-17-15-35(16-18-36)21-24-5-2-1-3-6-24)41-33(42-30)27-7-4-8-28(19-27)34-31(38)13-14-32(39)40/h1-12,19,29-30,33,37H,13-18,20-23H2,(H,34,38)(H,39,40). The number of hydrogen-bond acceptors (Lipinski definition) is 7. The van der Waals surface area contributed by atoms with E-state index >= 15 is 0 Å². The maximum atomic E-state index is 12.2. The van der Waals surface area contributed by atoms with Gasteiger partial charge in [-0.05, 0) is 28.8 Å². The van der Waals surface area contributed by atoms with Crippen LogP contribution >= 0.6 is 0 Å². The van der Waals surface area contributed by atoms with E-state index in [2.05, 4.69) is 39.4 Å². The summed E-state index contributed by atoms with van der Waals surface area (Å²) in [5.74, 6) is -1.37. The molecule has 222 valence electrons. The molecule has 3 atom stereocenters. The van der Waals surface area contributed by atoms with Crippen molar-refractivity contribution in [3.05, 3.63) is 101 Å². The SMILES string of the molecule is O=C(O)CCC(=O)Nc1cccc(C2OC(CN3CCN(Cc4ccccc4)CC3)CC(c3ccc(CO)cc3)O2)c1. The zero-order chi connectivity index (χ0) is 29.3. The highest BCUT2D eigenvalue weighted by molar-refractivity contribution is 5.92. The summed E-state index contributed by atoms with van der Waals surface area (Å²) in [6.07, 6.45) is -0.524. The molecule has 3 aromatic rings. The van der Waals surface area contributed by atoms with Crippen LogP contribution in [0, 0.1) is 0 Å². The molecule has 0 bridgehead atoms. The molecule has 3 unspecified atom stereocenters. The van der Waals surface area contributed by atoms with E-state index in [1.807, 2.05) is 48.5 Å². The van der Waals surface area contributed by atoms with E-state index in [0.29, 0.717) is 12.1 Å². The van der Waals surface area contributed by atoms with E-state index in [4.69, 9.17) is 14.6 Å². The van der Waals surface area contributed by atoms with Crippen LogP contribution in [0.15, 0.2) is 78.9 Å². The van der Waals surface area contributed by atoms with E-state index in [0.717, 1.165) is 56.0 Å². The lowest BCUT2D eigenvalue weighted by Crippen LogP contribution is -2.49. The summed E-state index contributed by atoms with van der Waals surface area (Å²) in [5, 5.41) is 21.1. The molecule has 1 amide bonds. The molecule has 42 heavy (non-hydrogen) atoms. The Morgan fingerprint density at radius 3 is 2.26 bits per heavy atom. The van der Waals surface area contributed by atoms with Gasteiger partial charge in [-0.3, -0.25) is 19.4 Å². The minimum Gasteiger partial charge on any atom is -0.481 e. The van der Waals surface area contributed by atoms with Crippen molar-refractivity contribution in [2.45, 2.75) is 50.9 Å². The summed E-state index contributed by atoms with van der Waals surface area (Å²) in [5.41, 5.74) is 4.54. The Hall–Kier alpha value is -3.60. The van der Waals surface area contributed by atoms with Crippen LogP contribution in [0.25, 0.3) is 0 Å². The third-order valence-corrected chi connectivity index (χ3v) is 7.80. The Bertz CT molecular complexity index is 1310. The van der Waals surface area contributed by atoms with Gasteiger partial charge >= 0.3 is 5.97 Å². The fraction of sp³-hybridized carbons (Fsp3) is 0.394. The molecule has 0 spiro atoms. The molecule has 2 fully saturated rings. The Morgan fingerprint density at radius 2 is 1.55 bits per heavy atom. The minimum absolute atomic E-state index is 0.0125. The molecule has 2 heterocycles. The number of nitrogens with zero attached hydrogens (tertiary/aromatic N) is 2. The summed E-state index contributed by atoms with van der Waals surface area (Å²) in [7, 11) is 0. The molecule has 3 aromatic carbocycles. The second kappa shape index (κ2) is 14.5. The number of hydrogen-bond donors (Lipinski definition) is 3. The van der Waals surface area contributed by atoms with Crippen LogP contribution in [0.1, 0.15) is 53.9 Å². The molecule has 0 radical (unpaired) electrons.